The Hall–Kier alpha value is -1.03. The lowest BCUT2D eigenvalue weighted by Crippen LogP contribution is -2.07. The predicted molar refractivity (Wildman–Crippen MR) is 56.7 cm³/mol. The van der Waals surface area contributed by atoms with Crippen molar-refractivity contribution in [1.82, 2.24) is 4.98 Å². The van der Waals surface area contributed by atoms with Crippen LogP contribution in [0.5, 0.6) is 0 Å². The Labute approximate surface area is 87.9 Å². The minimum absolute atomic E-state index is 0.301. The highest BCUT2D eigenvalue weighted by Crippen LogP contribution is 2.15. The fourth-order valence-electron chi connectivity index (χ4n) is 1.08. The summed E-state index contributed by atoms with van der Waals surface area (Å²) in [7, 11) is 0. The van der Waals surface area contributed by atoms with E-state index in [-0.39, 0.29) is 5.97 Å². The second-order valence-corrected chi connectivity index (χ2v) is 3.53. The van der Waals surface area contributed by atoms with Crippen molar-refractivity contribution in [3.05, 3.63) is 23.4 Å². The number of pyridine rings is 1. The van der Waals surface area contributed by atoms with Crippen molar-refractivity contribution in [2.24, 2.45) is 0 Å². The van der Waals surface area contributed by atoms with Gasteiger partial charge in [0.05, 0.1) is 22.9 Å². The molecule has 1 aromatic heterocycles. The number of nitrogens with zero attached hydrogens (tertiary/aromatic N) is 1. The number of aromatic nitrogens is 1. The van der Waals surface area contributed by atoms with Gasteiger partial charge in [-0.2, -0.15) is 0 Å². The summed E-state index contributed by atoms with van der Waals surface area (Å²) in [6.07, 6.45) is 1.95. The molecule has 14 heavy (non-hydrogen) atoms. The van der Waals surface area contributed by atoms with Crippen molar-refractivity contribution in [3.63, 3.8) is 0 Å². The fraction of sp³-hybridized carbons (Fsp3) is 0.400. The van der Waals surface area contributed by atoms with E-state index in [0.29, 0.717) is 12.2 Å². The average Bonchev–Trinajstić information content (AvgIpc) is 2.17. The number of thioether (sulfide) groups is 1. The summed E-state index contributed by atoms with van der Waals surface area (Å²) >= 11 is 1.55. The van der Waals surface area contributed by atoms with Crippen LogP contribution in [0.25, 0.3) is 0 Å². The maximum atomic E-state index is 11.4. The zero-order chi connectivity index (χ0) is 10.6. The van der Waals surface area contributed by atoms with E-state index in [0.717, 1.165) is 10.7 Å². The Kier molecular flexibility index (Phi) is 3.95. The van der Waals surface area contributed by atoms with Crippen molar-refractivity contribution in [3.8, 4) is 0 Å². The van der Waals surface area contributed by atoms with Crippen LogP contribution in [0.3, 0.4) is 0 Å². The molecule has 1 rings (SSSR count). The Balaban J connectivity index is 2.94. The predicted octanol–water partition coefficient (Wildman–Crippen LogP) is 2.29. The van der Waals surface area contributed by atoms with Crippen LogP contribution in [0.2, 0.25) is 0 Å². The van der Waals surface area contributed by atoms with Gasteiger partial charge in [-0.15, -0.1) is 11.8 Å². The number of carbonyl (C=O) groups is 1. The molecule has 0 aliphatic rings. The molecule has 4 heteroatoms. The first-order valence-electron chi connectivity index (χ1n) is 4.37. The molecule has 0 unspecified atom stereocenters. The van der Waals surface area contributed by atoms with Crippen LogP contribution in [0.1, 0.15) is 23.0 Å². The van der Waals surface area contributed by atoms with E-state index >= 15 is 0 Å². The highest BCUT2D eigenvalue weighted by atomic mass is 32.2. The zero-order valence-electron chi connectivity index (χ0n) is 8.53. The number of hydrogen-bond acceptors (Lipinski definition) is 4. The van der Waals surface area contributed by atoms with Crippen molar-refractivity contribution in [2.45, 2.75) is 18.9 Å². The summed E-state index contributed by atoms with van der Waals surface area (Å²) in [4.78, 5) is 15.7. The first-order chi connectivity index (χ1) is 6.69. The minimum atomic E-state index is -0.301. The van der Waals surface area contributed by atoms with Crippen LogP contribution in [0, 0.1) is 6.92 Å². The molecule has 76 valence electrons. The van der Waals surface area contributed by atoms with Crippen molar-refractivity contribution >= 4 is 17.7 Å². The van der Waals surface area contributed by atoms with E-state index in [9.17, 15) is 4.79 Å². The van der Waals surface area contributed by atoms with Gasteiger partial charge in [-0.3, -0.25) is 0 Å². The monoisotopic (exact) mass is 211 g/mol. The van der Waals surface area contributed by atoms with E-state index < -0.39 is 0 Å². The third-order valence-electron chi connectivity index (χ3n) is 1.76. The Morgan fingerprint density at radius 1 is 1.57 bits per heavy atom. The third kappa shape index (κ3) is 2.48. The van der Waals surface area contributed by atoms with Crippen LogP contribution >= 0.6 is 11.8 Å². The molecule has 0 radical (unpaired) electrons. The topological polar surface area (TPSA) is 39.2 Å². The number of hydrogen-bond donors (Lipinski definition) is 0. The van der Waals surface area contributed by atoms with Gasteiger partial charge in [0.1, 0.15) is 0 Å². The molecule has 0 saturated carbocycles. The van der Waals surface area contributed by atoms with E-state index in [2.05, 4.69) is 4.98 Å². The standard InChI is InChI=1S/C10H13NO2S/c1-4-13-10(12)8-5-6-9(14-3)11-7(8)2/h5-6H,4H2,1-3H3. The molecule has 0 aliphatic heterocycles. The molecule has 3 nitrogen and oxygen atoms in total. The Morgan fingerprint density at radius 2 is 2.29 bits per heavy atom. The molecule has 0 aliphatic carbocycles. The van der Waals surface area contributed by atoms with Gasteiger partial charge in [0, 0.05) is 0 Å². The van der Waals surface area contributed by atoms with E-state index in [1.54, 1.807) is 24.8 Å². The summed E-state index contributed by atoms with van der Waals surface area (Å²) in [6, 6.07) is 3.58. The van der Waals surface area contributed by atoms with Crippen LogP contribution in [0.4, 0.5) is 0 Å². The first kappa shape index (κ1) is 11.0. The zero-order valence-corrected chi connectivity index (χ0v) is 9.35. The smallest absolute Gasteiger partial charge is 0.339 e. The molecule has 0 bridgehead atoms. The molecular weight excluding hydrogens is 198 g/mol. The van der Waals surface area contributed by atoms with Gasteiger partial charge in [0.15, 0.2) is 0 Å². The lowest BCUT2D eigenvalue weighted by Gasteiger charge is -2.05. The Bertz CT molecular complexity index is 339. The summed E-state index contributed by atoms with van der Waals surface area (Å²) in [5, 5.41) is 0.913. The van der Waals surface area contributed by atoms with Crippen molar-refractivity contribution in [2.75, 3.05) is 12.9 Å². The van der Waals surface area contributed by atoms with Gasteiger partial charge in [-0.05, 0) is 32.2 Å². The molecule has 0 N–H and O–H groups in total. The number of aryl methyl sites for hydroxylation is 1. The van der Waals surface area contributed by atoms with Gasteiger partial charge in [0.25, 0.3) is 0 Å². The highest BCUT2D eigenvalue weighted by Gasteiger charge is 2.10. The number of ether oxygens (including phenoxy) is 1. The largest absolute Gasteiger partial charge is 0.462 e. The molecule has 0 saturated heterocycles. The summed E-state index contributed by atoms with van der Waals surface area (Å²) < 4.78 is 4.90. The maximum Gasteiger partial charge on any atom is 0.339 e. The molecular formula is C10H13NO2S. The van der Waals surface area contributed by atoms with Gasteiger partial charge in [0.2, 0.25) is 0 Å². The van der Waals surface area contributed by atoms with E-state index in [1.165, 1.54) is 0 Å². The second kappa shape index (κ2) is 5.00. The van der Waals surface area contributed by atoms with Gasteiger partial charge in [-0.1, -0.05) is 0 Å². The van der Waals surface area contributed by atoms with E-state index in [4.69, 9.17) is 4.74 Å². The second-order valence-electron chi connectivity index (χ2n) is 2.71. The van der Waals surface area contributed by atoms with Crippen LogP contribution in [-0.2, 0) is 4.74 Å². The molecule has 1 heterocycles. The molecule has 0 spiro atoms. The quantitative estimate of drug-likeness (QED) is 0.568. The van der Waals surface area contributed by atoms with Crippen LogP contribution < -0.4 is 0 Å². The van der Waals surface area contributed by atoms with E-state index in [1.807, 2.05) is 19.2 Å². The average molecular weight is 211 g/mol. The van der Waals surface area contributed by atoms with Crippen LogP contribution in [-0.4, -0.2) is 23.8 Å². The summed E-state index contributed by atoms with van der Waals surface area (Å²) in [5.74, 6) is -0.301. The Morgan fingerprint density at radius 3 is 2.79 bits per heavy atom. The number of esters is 1. The molecule has 0 aromatic carbocycles. The first-order valence-corrected chi connectivity index (χ1v) is 5.60. The van der Waals surface area contributed by atoms with Crippen LogP contribution in [0.15, 0.2) is 17.2 Å². The van der Waals surface area contributed by atoms with Gasteiger partial charge >= 0.3 is 5.97 Å². The molecule has 0 fully saturated rings. The molecule has 1 aromatic rings. The highest BCUT2D eigenvalue weighted by molar-refractivity contribution is 7.98. The molecule has 0 atom stereocenters. The van der Waals surface area contributed by atoms with Crippen molar-refractivity contribution < 1.29 is 9.53 Å². The third-order valence-corrected chi connectivity index (χ3v) is 2.41. The normalized spacial score (nSPS) is 9.93. The van der Waals surface area contributed by atoms with Gasteiger partial charge < -0.3 is 4.74 Å². The van der Waals surface area contributed by atoms with Gasteiger partial charge in [-0.25, -0.2) is 9.78 Å². The minimum Gasteiger partial charge on any atom is -0.462 e. The molecule has 0 amide bonds. The fourth-order valence-corrected chi connectivity index (χ4v) is 1.51. The number of carbonyl (C=O) groups excluding carboxylic acids is 1. The SMILES string of the molecule is CCOC(=O)c1ccc(SC)nc1C. The van der Waals surface area contributed by atoms with Crippen molar-refractivity contribution in [1.29, 1.82) is 0 Å². The summed E-state index contributed by atoms with van der Waals surface area (Å²) in [5.41, 5.74) is 1.26. The maximum absolute atomic E-state index is 11.4. The lowest BCUT2D eigenvalue weighted by molar-refractivity contribution is 0.0525. The summed E-state index contributed by atoms with van der Waals surface area (Å²) in [6.45, 7) is 3.99. The lowest BCUT2D eigenvalue weighted by atomic mass is 10.2. The number of rotatable bonds is 3.